The van der Waals surface area contributed by atoms with Crippen LogP contribution in [-0.2, 0) is 19.0 Å². The Balaban J connectivity index is 2.17. The van der Waals surface area contributed by atoms with Crippen molar-refractivity contribution in [3.05, 3.63) is 0 Å². The van der Waals surface area contributed by atoms with Crippen molar-refractivity contribution >= 4 is 5.97 Å². The van der Waals surface area contributed by atoms with E-state index in [-0.39, 0.29) is 6.61 Å². The molecule has 2 fully saturated rings. The van der Waals surface area contributed by atoms with Crippen LogP contribution in [0.25, 0.3) is 0 Å². The van der Waals surface area contributed by atoms with E-state index in [9.17, 15) is 4.79 Å². The van der Waals surface area contributed by atoms with Gasteiger partial charge in [-0.15, -0.1) is 0 Å². The molecule has 2 aliphatic heterocycles. The first-order valence-corrected chi connectivity index (χ1v) is 4.20. The Morgan fingerprint density at radius 3 is 2.77 bits per heavy atom. The van der Waals surface area contributed by atoms with Gasteiger partial charge in [-0.05, 0) is 13.8 Å². The average Bonchev–Trinajstić information content (AvgIpc) is 2.47. The topological polar surface area (TPSA) is 65.0 Å². The number of ether oxygens (including phenoxy) is 3. The van der Waals surface area contributed by atoms with E-state index < -0.39 is 30.1 Å². The van der Waals surface area contributed by atoms with Gasteiger partial charge in [0.05, 0.1) is 6.61 Å². The van der Waals surface area contributed by atoms with Crippen LogP contribution in [0.3, 0.4) is 0 Å². The number of aliphatic hydroxyl groups is 1. The molecule has 13 heavy (non-hydrogen) atoms. The third-order valence-corrected chi connectivity index (χ3v) is 2.18. The van der Waals surface area contributed by atoms with E-state index in [1.54, 1.807) is 13.8 Å². The maximum atomic E-state index is 11.2. The zero-order chi connectivity index (χ0) is 9.64. The molecule has 0 aromatic heterocycles. The van der Waals surface area contributed by atoms with Crippen molar-refractivity contribution in [1.29, 1.82) is 0 Å². The fourth-order valence-electron chi connectivity index (χ4n) is 1.67. The molecular weight excluding hydrogens is 176 g/mol. The summed E-state index contributed by atoms with van der Waals surface area (Å²) in [6, 6.07) is 0. The lowest BCUT2D eigenvalue weighted by Gasteiger charge is -2.20. The molecule has 2 unspecified atom stereocenters. The van der Waals surface area contributed by atoms with E-state index in [1.807, 2.05) is 0 Å². The first-order chi connectivity index (χ1) is 6.03. The Morgan fingerprint density at radius 2 is 2.15 bits per heavy atom. The van der Waals surface area contributed by atoms with E-state index in [0.717, 1.165) is 0 Å². The molecular formula is C8H12O5. The summed E-state index contributed by atoms with van der Waals surface area (Å²) in [5.74, 6) is -1.21. The van der Waals surface area contributed by atoms with Crippen molar-refractivity contribution < 1.29 is 24.1 Å². The predicted molar refractivity (Wildman–Crippen MR) is 40.8 cm³/mol. The van der Waals surface area contributed by atoms with Crippen molar-refractivity contribution in [3.8, 4) is 0 Å². The van der Waals surface area contributed by atoms with Crippen LogP contribution in [0.4, 0.5) is 0 Å². The van der Waals surface area contributed by atoms with Gasteiger partial charge in [0.15, 0.2) is 18.0 Å². The van der Waals surface area contributed by atoms with Gasteiger partial charge in [0.2, 0.25) is 0 Å². The van der Waals surface area contributed by atoms with Gasteiger partial charge < -0.3 is 19.3 Å². The Kier molecular flexibility index (Phi) is 1.83. The zero-order valence-electron chi connectivity index (χ0n) is 7.52. The second-order valence-corrected chi connectivity index (χ2v) is 3.68. The number of aliphatic hydroxyl groups excluding tert-OH is 1. The minimum absolute atomic E-state index is 0.230. The quantitative estimate of drug-likeness (QED) is 0.558. The molecule has 2 aliphatic rings. The van der Waals surface area contributed by atoms with Crippen molar-refractivity contribution in [3.63, 3.8) is 0 Å². The number of fused-ring (bicyclic) bond motifs is 1. The standard InChI is InChI=1S/C8H12O5/c1-8(2)12-5-4(3-9)11-7(10)6(5)13-8/h4-6,9H,3H2,1-2H3/t4?,5?,6-/m0/s1. The van der Waals surface area contributed by atoms with Gasteiger partial charge in [-0.2, -0.15) is 0 Å². The Labute approximate surface area is 75.6 Å². The molecule has 5 nitrogen and oxygen atoms in total. The fraction of sp³-hybridized carbons (Fsp3) is 0.875. The lowest BCUT2D eigenvalue weighted by molar-refractivity contribution is -0.188. The lowest BCUT2D eigenvalue weighted by Crippen LogP contribution is -2.31. The molecule has 0 bridgehead atoms. The highest BCUT2D eigenvalue weighted by atomic mass is 16.8. The van der Waals surface area contributed by atoms with Gasteiger partial charge in [0.25, 0.3) is 0 Å². The van der Waals surface area contributed by atoms with Gasteiger partial charge in [0, 0.05) is 0 Å². The number of hydrogen-bond donors (Lipinski definition) is 1. The average molecular weight is 188 g/mol. The minimum Gasteiger partial charge on any atom is -0.455 e. The summed E-state index contributed by atoms with van der Waals surface area (Å²) < 4.78 is 15.6. The summed E-state index contributed by atoms with van der Waals surface area (Å²) >= 11 is 0. The van der Waals surface area contributed by atoms with E-state index in [2.05, 4.69) is 0 Å². The summed E-state index contributed by atoms with van der Waals surface area (Å²) in [7, 11) is 0. The Bertz CT molecular complexity index is 237. The molecule has 5 heteroatoms. The largest absolute Gasteiger partial charge is 0.455 e. The van der Waals surface area contributed by atoms with E-state index in [0.29, 0.717) is 0 Å². The van der Waals surface area contributed by atoms with Crippen LogP contribution >= 0.6 is 0 Å². The molecule has 0 aliphatic carbocycles. The SMILES string of the molecule is CC1(C)OC2C(CO)OC(=O)[C@H]2O1. The Morgan fingerprint density at radius 1 is 1.46 bits per heavy atom. The highest BCUT2D eigenvalue weighted by Gasteiger charge is 2.55. The van der Waals surface area contributed by atoms with E-state index in [4.69, 9.17) is 19.3 Å². The second-order valence-electron chi connectivity index (χ2n) is 3.68. The molecule has 0 spiro atoms. The van der Waals surface area contributed by atoms with Crippen LogP contribution in [0.5, 0.6) is 0 Å². The molecule has 74 valence electrons. The summed E-state index contributed by atoms with van der Waals surface area (Å²) in [5, 5.41) is 8.89. The number of hydrogen-bond acceptors (Lipinski definition) is 5. The zero-order valence-corrected chi connectivity index (χ0v) is 7.52. The van der Waals surface area contributed by atoms with Crippen LogP contribution in [0, 0.1) is 0 Å². The number of rotatable bonds is 1. The first-order valence-electron chi connectivity index (χ1n) is 4.20. The number of carbonyl (C=O) groups is 1. The molecule has 0 amide bonds. The van der Waals surface area contributed by atoms with Gasteiger partial charge in [0.1, 0.15) is 6.10 Å². The minimum atomic E-state index is -0.762. The van der Waals surface area contributed by atoms with Crippen LogP contribution in [0.15, 0.2) is 0 Å². The molecule has 0 aromatic rings. The smallest absolute Gasteiger partial charge is 0.338 e. The summed E-state index contributed by atoms with van der Waals surface area (Å²) in [4.78, 5) is 11.2. The molecule has 2 saturated heterocycles. The number of cyclic esters (lactones) is 1. The summed E-state index contributed by atoms with van der Waals surface area (Å²) in [6.07, 6.45) is -1.72. The van der Waals surface area contributed by atoms with E-state index >= 15 is 0 Å². The molecule has 0 aromatic carbocycles. The van der Waals surface area contributed by atoms with Gasteiger partial charge >= 0.3 is 5.97 Å². The normalized spacial score (nSPS) is 41.8. The van der Waals surface area contributed by atoms with Gasteiger partial charge in [-0.1, -0.05) is 0 Å². The predicted octanol–water partition coefficient (Wildman–Crippen LogP) is -0.576. The van der Waals surface area contributed by atoms with Crippen LogP contribution < -0.4 is 0 Å². The van der Waals surface area contributed by atoms with Gasteiger partial charge in [-0.3, -0.25) is 0 Å². The van der Waals surface area contributed by atoms with Crippen LogP contribution in [0.1, 0.15) is 13.8 Å². The van der Waals surface area contributed by atoms with Crippen molar-refractivity contribution in [2.45, 2.75) is 37.9 Å². The third kappa shape index (κ3) is 1.33. The van der Waals surface area contributed by atoms with Crippen LogP contribution in [-0.4, -0.2) is 41.8 Å². The van der Waals surface area contributed by atoms with Gasteiger partial charge in [-0.25, -0.2) is 4.79 Å². The van der Waals surface area contributed by atoms with Crippen molar-refractivity contribution in [2.75, 3.05) is 6.61 Å². The highest BCUT2D eigenvalue weighted by molar-refractivity contribution is 5.78. The monoisotopic (exact) mass is 188 g/mol. The molecule has 0 saturated carbocycles. The molecule has 0 radical (unpaired) electrons. The fourth-order valence-corrected chi connectivity index (χ4v) is 1.67. The third-order valence-electron chi connectivity index (χ3n) is 2.18. The summed E-state index contributed by atoms with van der Waals surface area (Å²) in [6.45, 7) is 3.23. The number of carbonyl (C=O) groups excluding carboxylic acids is 1. The number of esters is 1. The van der Waals surface area contributed by atoms with Crippen LogP contribution in [0.2, 0.25) is 0 Å². The molecule has 2 rings (SSSR count). The Hall–Kier alpha value is -0.650. The maximum Gasteiger partial charge on any atom is 0.338 e. The molecule has 3 atom stereocenters. The maximum absolute atomic E-state index is 11.2. The summed E-state index contributed by atoms with van der Waals surface area (Å²) in [5.41, 5.74) is 0. The lowest BCUT2D eigenvalue weighted by atomic mass is 10.1. The highest BCUT2D eigenvalue weighted by Crippen LogP contribution is 2.35. The van der Waals surface area contributed by atoms with Crippen molar-refractivity contribution in [2.24, 2.45) is 0 Å². The second kappa shape index (κ2) is 2.67. The van der Waals surface area contributed by atoms with E-state index in [1.165, 1.54) is 0 Å². The molecule has 2 heterocycles. The first kappa shape index (κ1) is 8.93. The van der Waals surface area contributed by atoms with Crippen molar-refractivity contribution in [1.82, 2.24) is 0 Å². The molecule has 1 N–H and O–H groups in total.